The molecule has 4 aliphatic rings. The number of nitrogens with one attached hydrogen (secondary N) is 2. The number of rotatable bonds is 14. The van der Waals surface area contributed by atoms with Gasteiger partial charge in [-0.1, -0.05) is 66.5 Å². The number of aromatic nitrogens is 10. The maximum absolute atomic E-state index is 14.7. The van der Waals surface area contributed by atoms with Crippen molar-refractivity contribution in [3.05, 3.63) is 94.0 Å². The molecule has 0 saturated carbocycles. The summed E-state index contributed by atoms with van der Waals surface area (Å²) in [5.41, 5.74) is 1.39. The van der Waals surface area contributed by atoms with Gasteiger partial charge in [0, 0.05) is 83.5 Å². The quantitative estimate of drug-likeness (QED) is 0.0768. The number of pyridine rings is 2. The minimum Gasteiger partial charge on any atom is -0.458 e. The minimum atomic E-state index is -0.697. The SMILES string of the molecule is C=CC(=O)N1CCN(c2nc(O[C@@H]3CN(C)C[C@H]3CC)nc3c(Oc4c(Cl)c(F)cc5[nH]ncc45)nc(Cl)cc23)CC1.C=CC(=O)N1CCN(c2nc(O[C@@H]3COC[C@H]3N(C)C)nc3c(Oc4c(Cl)c(F)cc5[nH]ncc45)nc(Cl)cc23)CC1. The second-order valence-electron chi connectivity index (χ2n) is 20.6. The van der Waals surface area contributed by atoms with Gasteiger partial charge in [-0.3, -0.25) is 19.8 Å². The molecule has 23 nitrogen and oxygen atoms in total. The number of halogens is 6. The van der Waals surface area contributed by atoms with E-state index in [1.807, 2.05) is 28.8 Å². The van der Waals surface area contributed by atoms with Crippen molar-refractivity contribution in [2.45, 2.75) is 31.6 Å². The number of anilines is 2. The fourth-order valence-electron chi connectivity index (χ4n) is 10.7. The van der Waals surface area contributed by atoms with Gasteiger partial charge in [-0.25, -0.2) is 8.78 Å². The van der Waals surface area contributed by atoms with E-state index in [0.717, 1.165) is 19.5 Å². The molecule has 6 aromatic heterocycles. The first-order chi connectivity index (χ1) is 40.5. The summed E-state index contributed by atoms with van der Waals surface area (Å²) in [4.78, 5) is 64.0. The highest BCUT2D eigenvalue weighted by molar-refractivity contribution is 6.34. The Bertz CT molecular complexity index is 3620. The van der Waals surface area contributed by atoms with Crippen molar-refractivity contribution in [2.75, 3.05) is 110 Å². The molecule has 10 heterocycles. The van der Waals surface area contributed by atoms with Crippen LogP contribution in [0.15, 0.2) is 62.0 Å². The van der Waals surface area contributed by atoms with Crippen LogP contribution in [-0.4, -0.2) is 200 Å². The molecule has 0 aliphatic carbocycles. The number of hydrogen-bond acceptors (Lipinski definition) is 19. The number of carbonyl (C=O) groups excluding carboxylic acids is 2. The first-order valence-electron chi connectivity index (χ1n) is 26.8. The molecular formula is C55H56Cl4F2N16O7. The number of fused-ring (bicyclic) bond motifs is 4. The number of ether oxygens (including phenoxy) is 5. The van der Waals surface area contributed by atoms with Crippen molar-refractivity contribution >= 4 is 113 Å². The first kappa shape index (κ1) is 58.3. The van der Waals surface area contributed by atoms with Crippen LogP contribution in [0.1, 0.15) is 13.3 Å². The van der Waals surface area contributed by atoms with Gasteiger partial charge < -0.3 is 53.1 Å². The molecular weight excluding hydrogens is 1180 g/mol. The number of carbonyl (C=O) groups is 2. The number of amides is 2. The van der Waals surface area contributed by atoms with Crippen LogP contribution < -0.4 is 28.7 Å². The molecule has 0 bridgehead atoms. The highest BCUT2D eigenvalue weighted by Crippen LogP contribution is 2.44. The monoisotopic (exact) mass is 1230 g/mol. The fraction of sp³-hybridized carbons (Fsp3) is 0.382. The van der Waals surface area contributed by atoms with Crippen LogP contribution in [0.4, 0.5) is 20.4 Å². The number of piperazine rings is 2. The lowest BCUT2D eigenvalue weighted by Gasteiger charge is -2.35. The smallest absolute Gasteiger partial charge is 0.319 e. The average Bonchev–Trinajstić information content (AvgIpc) is 3.91. The predicted molar refractivity (Wildman–Crippen MR) is 313 cm³/mol. The molecule has 0 spiro atoms. The Kier molecular flexibility index (Phi) is 17.1. The topological polar surface area (TPSA) is 234 Å². The van der Waals surface area contributed by atoms with Crippen LogP contribution in [0.3, 0.4) is 0 Å². The molecule has 4 aliphatic heterocycles. The molecule has 29 heteroatoms. The molecule has 4 saturated heterocycles. The maximum atomic E-state index is 14.7. The van der Waals surface area contributed by atoms with Crippen molar-refractivity contribution in [3.8, 4) is 35.3 Å². The van der Waals surface area contributed by atoms with Crippen LogP contribution in [-0.2, 0) is 14.3 Å². The summed E-state index contributed by atoms with van der Waals surface area (Å²) in [7, 11) is 5.95. The van der Waals surface area contributed by atoms with Gasteiger partial charge >= 0.3 is 12.0 Å². The summed E-state index contributed by atoms with van der Waals surface area (Å²) in [5.74, 6) is -0.218. The molecule has 2 N–H and O–H groups in total. The van der Waals surface area contributed by atoms with Crippen LogP contribution in [0.2, 0.25) is 20.4 Å². The number of benzene rings is 2. The highest BCUT2D eigenvalue weighted by Gasteiger charge is 2.36. The van der Waals surface area contributed by atoms with Crippen molar-refractivity contribution in [2.24, 2.45) is 5.92 Å². The summed E-state index contributed by atoms with van der Waals surface area (Å²) in [6, 6.07) is 5.99. The third-order valence-electron chi connectivity index (χ3n) is 15.1. The van der Waals surface area contributed by atoms with Crippen LogP contribution in [0.5, 0.6) is 35.3 Å². The number of nitrogens with zero attached hydrogens (tertiary/aromatic N) is 14. The lowest BCUT2D eigenvalue weighted by Crippen LogP contribution is -2.48. The Balaban J connectivity index is 0.000000175. The van der Waals surface area contributed by atoms with Gasteiger partial charge in [-0.15, -0.1) is 0 Å². The normalized spacial score (nSPS) is 19.4. The summed E-state index contributed by atoms with van der Waals surface area (Å²) in [6.45, 7) is 15.7. The number of likely N-dealkylation sites (tertiary alicyclic amines) is 1. The third kappa shape index (κ3) is 11.8. The van der Waals surface area contributed by atoms with E-state index < -0.39 is 11.6 Å². The average molecular weight is 1230 g/mol. The summed E-state index contributed by atoms with van der Waals surface area (Å²) >= 11 is 25.7. The zero-order chi connectivity index (χ0) is 59.1. The van der Waals surface area contributed by atoms with Crippen molar-refractivity contribution in [1.82, 2.24) is 69.9 Å². The number of likely N-dealkylation sites (N-methyl/N-ethyl adjacent to an activating group) is 2. The second kappa shape index (κ2) is 24.6. The first-order valence-corrected chi connectivity index (χ1v) is 28.3. The lowest BCUT2D eigenvalue weighted by atomic mass is 10.0. The Morgan fingerprint density at radius 1 is 0.667 bits per heavy atom. The molecule has 8 aromatic rings. The largest absolute Gasteiger partial charge is 0.458 e. The second-order valence-corrected chi connectivity index (χ2v) is 22.2. The van der Waals surface area contributed by atoms with E-state index >= 15 is 0 Å². The zero-order valence-corrected chi connectivity index (χ0v) is 48.9. The van der Waals surface area contributed by atoms with E-state index in [2.05, 4.69) is 67.4 Å². The minimum absolute atomic E-state index is 0.00697. The Morgan fingerprint density at radius 3 is 1.57 bits per heavy atom. The van der Waals surface area contributed by atoms with Crippen molar-refractivity contribution in [3.63, 3.8) is 0 Å². The molecule has 440 valence electrons. The summed E-state index contributed by atoms with van der Waals surface area (Å²) < 4.78 is 60.1. The summed E-state index contributed by atoms with van der Waals surface area (Å²) in [6.07, 6.45) is 6.08. The van der Waals surface area contributed by atoms with E-state index in [0.29, 0.717) is 121 Å². The predicted octanol–water partition coefficient (Wildman–Crippen LogP) is 8.37. The Morgan fingerprint density at radius 2 is 1.13 bits per heavy atom. The zero-order valence-electron chi connectivity index (χ0n) is 45.9. The van der Waals surface area contributed by atoms with E-state index in [1.165, 1.54) is 36.7 Å². The highest BCUT2D eigenvalue weighted by atomic mass is 35.5. The van der Waals surface area contributed by atoms with Gasteiger partial charge in [-0.2, -0.15) is 40.1 Å². The Hall–Kier alpha value is -7.52. The molecule has 0 radical (unpaired) electrons. The fourth-order valence-corrected chi connectivity index (χ4v) is 11.5. The molecule has 4 atom stereocenters. The maximum Gasteiger partial charge on any atom is 0.319 e. The van der Waals surface area contributed by atoms with Crippen molar-refractivity contribution in [1.29, 1.82) is 0 Å². The van der Waals surface area contributed by atoms with E-state index in [1.54, 1.807) is 21.9 Å². The lowest BCUT2D eigenvalue weighted by molar-refractivity contribution is -0.127. The molecule has 12 rings (SSSR count). The molecule has 84 heavy (non-hydrogen) atoms. The van der Waals surface area contributed by atoms with Gasteiger partial charge in [0.05, 0.1) is 64.2 Å². The standard InChI is InChI=1S/C28H29Cl2FN8O3.C27H27Cl2FN8O4/c1-4-15-13-37(3)14-20(15)41-28-34-24-16(26(35-28)39-8-6-38(7-9-39)22(40)5-2)10-21(29)33-27(24)42-25-17-12-32-36-19(17)11-18(31)23(25)30;1-4-21(39)37-5-7-38(8-6-37)25-14-9-20(28)32-26(42-24-15-11-31-35-17(15)10-16(30)22(24)29)23(14)33-27(34-25)41-19-13-40-12-18(19)36(2)3/h5,10-12,15,20H,2,4,6-9,13-14H2,1,3H3,(H,32,36);4,9-11,18-19H,1,5-8,12-13H2,2-3H3,(H,31,35)/t15-,20-;18-,19-/m11/s1. The number of H-pyrrole nitrogens is 2. The van der Waals surface area contributed by atoms with Crippen LogP contribution in [0, 0.1) is 17.6 Å². The van der Waals surface area contributed by atoms with Crippen LogP contribution >= 0.6 is 46.4 Å². The van der Waals surface area contributed by atoms with E-state index in [-0.39, 0.29) is 91.2 Å². The van der Waals surface area contributed by atoms with Gasteiger partial charge in [0.1, 0.15) is 66.9 Å². The van der Waals surface area contributed by atoms with E-state index in [4.69, 9.17) is 85.0 Å². The van der Waals surface area contributed by atoms with Gasteiger partial charge in [0.15, 0.2) is 11.5 Å². The third-order valence-corrected chi connectivity index (χ3v) is 16.2. The summed E-state index contributed by atoms with van der Waals surface area (Å²) in [5, 5.41) is 15.2. The van der Waals surface area contributed by atoms with Crippen LogP contribution in [0.25, 0.3) is 43.6 Å². The Labute approximate surface area is 499 Å². The molecule has 2 amide bonds. The number of aromatic amines is 2. The number of hydrogen-bond donors (Lipinski definition) is 2. The van der Waals surface area contributed by atoms with E-state index in [9.17, 15) is 18.4 Å². The van der Waals surface area contributed by atoms with Gasteiger partial charge in [-0.05, 0) is 51.8 Å². The molecule has 4 fully saturated rings. The van der Waals surface area contributed by atoms with Gasteiger partial charge in [0.25, 0.3) is 0 Å². The molecule has 2 aromatic carbocycles. The van der Waals surface area contributed by atoms with Gasteiger partial charge in [0.2, 0.25) is 23.6 Å². The van der Waals surface area contributed by atoms with Crippen molar-refractivity contribution < 1.29 is 42.1 Å². The molecule has 0 unspecified atom stereocenters.